The maximum atomic E-state index is 15.7. The lowest BCUT2D eigenvalue weighted by atomic mass is 9.94. The summed E-state index contributed by atoms with van der Waals surface area (Å²) in [6.45, 7) is 5.52. The molecule has 2 aliphatic rings. The summed E-state index contributed by atoms with van der Waals surface area (Å²) in [5.41, 5.74) is 1.37. The number of rotatable bonds is 6. The van der Waals surface area contributed by atoms with Crippen LogP contribution < -0.4 is 9.64 Å². The lowest BCUT2D eigenvalue weighted by Gasteiger charge is -2.44. The minimum Gasteiger partial charge on any atom is -0.467 e. The highest BCUT2D eigenvalue weighted by atomic mass is 19.1. The van der Waals surface area contributed by atoms with Crippen molar-refractivity contribution in [2.45, 2.75) is 69.9 Å². The standard InChI is InChI=1S/C27H33FN4O4/c1-7-17-8-10-19(23(14-17)35-16-34-6)20-11-13-24(30-29-20)31(5)22-15-18-9-12-21(25(22)28)32(18)26(33)36-27(2,3)4/h1,8,10-11,13-14,18,21-22,25H,9,12,15-16H2,2-6H3/t18-,21+,22-,25+/m0/s1. The van der Waals surface area contributed by atoms with Gasteiger partial charge in [0.05, 0.1) is 17.8 Å². The summed E-state index contributed by atoms with van der Waals surface area (Å²) in [5, 5.41) is 8.76. The molecule has 0 unspecified atom stereocenters. The van der Waals surface area contributed by atoms with E-state index in [1.54, 1.807) is 17.0 Å². The average Bonchev–Trinajstić information content (AvgIpc) is 3.20. The highest BCUT2D eigenvalue weighted by Gasteiger charge is 2.52. The molecule has 2 saturated heterocycles. The van der Waals surface area contributed by atoms with Crippen molar-refractivity contribution in [2.24, 2.45) is 0 Å². The number of ether oxygens (including phenoxy) is 3. The van der Waals surface area contributed by atoms with Gasteiger partial charge >= 0.3 is 6.09 Å². The molecule has 1 aromatic heterocycles. The lowest BCUT2D eigenvalue weighted by Crippen LogP contribution is -2.59. The number of amides is 1. The van der Waals surface area contributed by atoms with Gasteiger partial charge in [-0.05, 0) is 70.4 Å². The van der Waals surface area contributed by atoms with Crippen molar-refractivity contribution in [2.75, 3.05) is 25.9 Å². The number of piperidine rings is 1. The Kier molecular flexibility index (Phi) is 7.36. The molecule has 192 valence electrons. The summed E-state index contributed by atoms with van der Waals surface area (Å²) in [7, 11) is 3.36. The van der Waals surface area contributed by atoms with Gasteiger partial charge in [0.1, 0.15) is 17.5 Å². The molecule has 4 rings (SSSR count). The van der Waals surface area contributed by atoms with Crippen molar-refractivity contribution in [1.29, 1.82) is 0 Å². The second-order valence-electron chi connectivity index (χ2n) is 10.2. The summed E-state index contributed by atoms with van der Waals surface area (Å²) >= 11 is 0. The molecule has 2 aromatic rings. The number of terminal acetylenes is 1. The number of carbonyl (C=O) groups is 1. The normalized spacial score (nSPS) is 23.2. The molecular formula is C27H33FN4O4. The number of hydrogen-bond donors (Lipinski definition) is 0. The largest absolute Gasteiger partial charge is 0.467 e. The summed E-state index contributed by atoms with van der Waals surface area (Å²) in [6.07, 6.45) is 5.73. The Balaban J connectivity index is 1.51. The van der Waals surface area contributed by atoms with Crippen LogP contribution in [0, 0.1) is 12.3 Å². The lowest BCUT2D eigenvalue weighted by molar-refractivity contribution is -0.0104. The van der Waals surface area contributed by atoms with E-state index in [2.05, 4.69) is 16.1 Å². The predicted molar refractivity (Wildman–Crippen MR) is 134 cm³/mol. The summed E-state index contributed by atoms with van der Waals surface area (Å²) in [4.78, 5) is 16.2. The van der Waals surface area contributed by atoms with E-state index in [0.717, 1.165) is 12.0 Å². The molecule has 0 radical (unpaired) electrons. The van der Waals surface area contributed by atoms with Crippen LogP contribution in [0.2, 0.25) is 0 Å². The van der Waals surface area contributed by atoms with E-state index in [0.29, 0.717) is 35.7 Å². The molecule has 9 heteroatoms. The van der Waals surface area contributed by atoms with E-state index in [4.69, 9.17) is 20.6 Å². The number of methoxy groups -OCH3 is 1. The van der Waals surface area contributed by atoms with Gasteiger partial charge in [0.15, 0.2) is 12.6 Å². The van der Waals surface area contributed by atoms with Crippen molar-refractivity contribution >= 4 is 11.9 Å². The maximum Gasteiger partial charge on any atom is 0.410 e. The Hall–Kier alpha value is -3.38. The maximum absolute atomic E-state index is 15.7. The van der Waals surface area contributed by atoms with E-state index >= 15 is 4.39 Å². The summed E-state index contributed by atoms with van der Waals surface area (Å²) < 4.78 is 32.0. The van der Waals surface area contributed by atoms with Crippen LogP contribution in [0.1, 0.15) is 45.6 Å². The first-order valence-electron chi connectivity index (χ1n) is 12.1. The van der Waals surface area contributed by atoms with Gasteiger partial charge < -0.3 is 19.1 Å². The Morgan fingerprint density at radius 2 is 2.03 bits per heavy atom. The molecule has 0 N–H and O–H groups in total. The number of aromatic nitrogens is 2. The van der Waals surface area contributed by atoms with Gasteiger partial charge in [-0.3, -0.25) is 4.90 Å². The third kappa shape index (κ3) is 5.24. The zero-order valence-electron chi connectivity index (χ0n) is 21.4. The van der Waals surface area contributed by atoms with Crippen molar-refractivity contribution in [3.05, 3.63) is 35.9 Å². The van der Waals surface area contributed by atoms with E-state index in [1.807, 2.05) is 50.9 Å². The molecule has 2 aliphatic heterocycles. The summed E-state index contributed by atoms with van der Waals surface area (Å²) in [5.74, 6) is 3.68. The first kappa shape index (κ1) is 25.7. The SMILES string of the molecule is C#Cc1ccc(-c2ccc(N(C)[C@H]3C[C@@H]4CC[C@H]([C@H]3F)N4C(=O)OC(C)(C)C)nn2)c(OCOC)c1. The van der Waals surface area contributed by atoms with E-state index in [1.165, 1.54) is 7.11 Å². The van der Waals surface area contributed by atoms with Gasteiger partial charge in [0.25, 0.3) is 0 Å². The van der Waals surface area contributed by atoms with Gasteiger partial charge in [-0.15, -0.1) is 16.6 Å². The fourth-order valence-electron chi connectivity index (χ4n) is 4.98. The number of halogens is 1. The van der Waals surface area contributed by atoms with Crippen LogP contribution in [0.25, 0.3) is 11.3 Å². The topological polar surface area (TPSA) is 77.0 Å². The van der Waals surface area contributed by atoms with Gasteiger partial charge in [-0.25, -0.2) is 9.18 Å². The average molecular weight is 497 g/mol. The quantitative estimate of drug-likeness (QED) is 0.433. The third-order valence-electron chi connectivity index (χ3n) is 6.67. The number of alkyl halides is 1. The van der Waals surface area contributed by atoms with E-state index in [9.17, 15) is 4.79 Å². The monoisotopic (exact) mass is 496 g/mol. The van der Waals surface area contributed by atoms with Crippen molar-refractivity contribution in [1.82, 2.24) is 15.1 Å². The van der Waals surface area contributed by atoms with Crippen LogP contribution in [-0.4, -0.2) is 72.0 Å². The van der Waals surface area contributed by atoms with Crippen LogP contribution in [0.15, 0.2) is 30.3 Å². The summed E-state index contributed by atoms with van der Waals surface area (Å²) in [6, 6.07) is 8.02. The second-order valence-corrected chi connectivity index (χ2v) is 10.2. The van der Waals surface area contributed by atoms with E-state index < -0.39 is 29.9 Å². The molecule has 1 aromatic carbocycles. The predicted octanol–water partition coefficient (Wildman–Crippen LogP) is 4.42. The smallest absolute Gasteiger partial charge is 0.410 e. The molecule has 8 nitrogen and oxygen atoms in total. The van der Waals surface area contributed by atoms with Crippen LogP contribution in [0.5, 0.6) is 5.75 Å². The zero-order chi connectivity index (χ0) is 26.0. The first-order valence-corrected chi connectivity index (χ1v) is 12.1. The first-order chi connectivity index (χ1) is 17.1. The van der Waals surface area contributed by atoms with Crippen LogP contribution in [0.3, 0.4) is 0 Å². The van der Waals surface area contributed by atoms with Crippen molar-refractivity contribution in [3.63, 3.8) is 0 Å². The van der Waals surface area contributed by atoms with Gasteiger partial charge in [-0.2, -0.15) is 0 Å². The third-order valence-corrected chi connectivity index (χ3v) is 6.67. The Morgan fingerprint density at radius 3 is 2.67 bits per heavy atom. The Bertz CT molecular complexity index is 1130. The van der Waals surface area contributed by atoms with Crippen molar-refractivity contribution in [3.8, 4) is 29.4 Å². The molecule has 0 aliphatic carbocycles. The van der Waals surface area contributed by atoms with Crippen molar-refractivity contribution < 1.29 is 23.4 Å². The van der Waals surface area contributed by atoms with Crippen LogP contribution in [-0.2, 0) is 9.47 Å². The highest BCUT2D eigenvalue weighted by molar-refractivity contribution is 5.70. The molecule has 2 fully saturated rings. The minimum atomic E-state index is -1.23. The molecule has 0 saturated carbocycles. The number of carbonyl (C=O) groups excluding carboxylic acids is 1. The highest BCUT2D eigenvalue weighted by Crippen LogP contribution is 2.41. The number of benzene rings is 1. The molecule has 0 spiro atoms. The molecule has 1 amide bonds. The molecular weight excluding hydrogens is 463 g/mol. The number of fused-ring (bicyclic) bond motifs is 2. The number of nitrogens with zero attached hydrogens (tertiary/aromatic N) is 4. The number of hydrogen-bond acceptors (Lipinski definition) is 7. The fraction of sp³-hybridized carbons (Fsp3) is 0.519. The van der Waals surface area contributed by atoms with Gasteiger partial charge in [0.2, 0.25) is 0 Å². The van der Waals surface area contributed by atoms with Crippen LogP contribution >= 0.6 is 0 Å². The van der Waals surface area contributed by atoms with Crippen LogP contribution in [0.4, 0.5) is 15.0 Å². The molecule has 4 atom stereocenters. The molecule has 36 heavy (non-hydrogen) atoms. The zero-order valence-corrected chi connectivity index (χ0v) is 21.4. The Labute approximate surface area is 211 Å². The second kappa shape index (κ2) is 10.3. The molecule has 3 heterocycles. The Morgan fingerprint density at radius 1 is 1.25 bits per heavy atom. The van der Waals surface area contributed by atoms with Gasteiger partial charge in [0, 0.05) is 31.3 Å². The number of anilines is 1. The van der Waals surface area contributed by atoms with Gasteiger partial charge in [-0.1, -0.05) is 5.92 Å². The fourth-order valence-corrected chi connectivity index (χ4v) is 4.98. The van der Waals surface area contributed by atoms with E-state index in [-0.39, 0.29) is 12.8 Å². The minimum absolute atomic E-state index is 0.0632. The molecule has 2 bridgehead atoms.